The predicted molar refractivity (Wildman–Crippen MR) is 262 cm³/mol. The van der Waals surface area contributed by atoms with E-state index in [1.807, 2.05) is 0 Å². The number of para-hydroxylation sites is 2. The minimum absolute atomic E-state index is 1.13. The molecule has 0 aliphatic carbocycles. The number of aromatic nitrogens is 1. The molecule has 61 heavy (non-hydrogen) atoms. The van der Waals surface area contributed by atoms with Crippen LogP contribution in [-0.2, 0) is 7.05 Å². The summed E-state index contributed by atoms with van der Waals surface area (Å²) in [5.41, 5.74) is 15.6. The van der Waals surface area contributed by atoms with Gasteiger partial charge in [-0.2, -0.15) is 0 Å². The van der Waals surface area contributed by atoms with Crippen LogP contribution in [-0.4, -0.2) is 4.57 Å². The fraction of sp³-hybridized carbons (Fsp3) is 0.0169. The first-order chi connectivity index (χ1) is 30.1. The van der Waals surface area contributed by atoms with E-state index in [9.17, 15) is 0 Å². The Morgan fingerprint density at radius 2 is 0.770 bits per heavy atom. The summed E-state index contributed by atoms with van der Waals surface area (Å²) in [7, 11) is 2.18. The largest absolute Gasteiger partial charge is 0.344 e. The minimum atomic E-state index is 1.13. The fourth-order valence-corrected chi connectivity index (χ4v) is 8.98. The quantitative estimate of drug-likeness (QED) is 0.140. The minimum Gasteiger partial charge on any atom is -0.344 e. The van der Waals surface area contributed by atoms with E-state index in [1.54, 1.807) is 0 Å². The van der Waals surface area contributed by atoms with E-state index < -0.39 is 0 Å². The molecule has 0 aliphatic rings. The molecule has 0 saturated carbocycles. The van der Waals surface area contributed by atoms with Crippen molar-refractivity contribution in [1.29, 1.82) is 0 Å². The van der Waals surface area contributed by atoms with Gasteiger partial charge in [-0.15, -0.1) is 0 Å². The van der Waals surface area contributed by atoms with Gasteiger partial charge in [-0.25, -0.2) is 0 Å². The van der Waals surface area contributed by atoms with Crippen molar-refractivity contribution in [2.75, 3.05) is 4.90 Å². The van der Waals surface area contributed by atoms with E-state index >= 15 is 0 Å². The van der Waals surface area contributed by atoms with Crippen LogP contribution in [0.4, 0.5) is 17.1 Å². The second kappa shape index (κ2) is 15.3. The van der Waals surface area contributed by atoms with E-state index in [4.69, 9.17) is 0 Å². The van der Waals surface area contributed by atoms with Crippen molar-refractivity contribution in [3.05, 3.63) is 236 Å². The zero-order valence-corrected chi connectivity index (χ0v) is 33.9. The standard InChI is InChI=1S/C59H42N2/c1-60-58-35-42(25-32-54(58)55-33-31-53(40-59(55)60)61(51-18-10-4-11-19-51)52-20-12-5-13-21-52)23-22-41-24-26-46-36-47(28-27-45(46)34-41)48-29-30-49-38-56(43-14-6-2-7-15-43)57(39-50(49)37-48)44-16-8-3-9-17-44/h2-40H,1H3/b23-22+. The number of aryl methyl sites for hydroxylation is 1. The molecule has 0 spiro atoms. The zero-order valence-electron chi connectivity index (χ0n) is 33.9. The van der Waals surface area contributed by atoms with Crippen LogP contribution >= 0.6 is 0 Å². The van der Waals surface area contributed by atoms with E-state index in [2.05, 4.69) is 253 Å². The molecule has 0 unspecified atom stereocenters. The van der Waals surface area contributed by atoms with Gasteiger partial charge >= 0.3 is 0 Å². The normalized spacial score (nSPS) is 11.6. The summed E-state index contributed by atoms with van der Waals surface area (Å²) in [6.45, 7) is 0. The van der Waals surface area contributed by atoms with Gasteiger partial charge in [0, 0.05) is 40.4 Å². The molecule has 0 bridgehead atoms. The molecule has 2 heteroatoms. The van der Waals surface area contributed by atoms with Crippen LogP contribution in [0.5, 0.6) is 0 Å². The van der Waals surface area contributed by atoms with Crippen LogP contribution in [0.15, 0.2) is 224 Å². The number of hydrogen-bond acceptors (Lipinski definition) is 1. The van der Waals surface area contributed by atoms with Gasteiger partial charge in [-0.1, -0.05) is 164 Å². The molecule has 1 aromatic heterocycles. The van der Waals surface area contributed by atoms with Crippen molar-refractivity contribution in [2.45, 2.75) is 0 Å². The van der Waals surface area contributed by atoms with Crippen LogP contribution < -0.4 is 4.90 Å². The van der Waals surface area contributed by atoms with Gasteiger partial charge in [0.25, 0.3) is 0 Å². The maximum atomic E-state index is 2.36. The van der Waals surface area contributed by atoms with Crippen LogP contribution in [0, 0.1) is 0 Å². The third kappa shape index (κ3) is 6.84. The highest BCUT2D eigenvalue weighted by molar-refractivity contribution is 6.10. The summed E-state index contributed by atoms with van der Waals surface area (Å²) in [6.07, 6.45) is 4.46. The number of fused-ring (bicyclic) bond motifs is 5. The molecule has 1 heterocycles. The van der Waals surface area contributed by atoms with E-state index in [1.165, 1.54) is 87.9 Å². The maximum absolute atomic E-state index is 2.36. The van der Waals surface area contributed by atoms with Gasteiger partial charge in [-0.05, 0) is 139 Å². The molecule has 0 atom stereocenters. The lowest BCUT2D eigenvalue weighted by Crippen LogP contribution is -2.09. The monoisotopic (exact) mass is 778 g/mol. The lowest BCUT2D eigenvalue weighted by molar-refractivity contribution is 1.01. The van der Waals surface area contributed by atoms with Gasteiger partial charge in [0.1, 0.15) is 0 Å². The third-order valence-corrected chi connectivity index (χ3v) is 12.1. The van der Waals surface area contributed by atoms with Crippen LogP contribution in [0.3, 0.4) is 0 Å². The summed E-state index contributed by atoms with van der Waals surface area (Å²) < 4.78 is 2.33. The second-order valence-corrected chi connectivity index (χ2v) is 15.9. The molecule has 0 amide bonds. The van der Waals surface area contributed by atoms with Gasteiger partial charge in [-0.3, -0.25) is 0 Å². The lowest BCUT2D eigenvalue weighted by Gasteiger charge is -2.25. The molecule has 11 rings (SSSR count). The Morgan fingerprint density at radius 1 is 0.328 bits per heavy atom. The van der Waals surface area contributed by atoms with Crippen molar-refractivity contribution >= 4 is 72.6 Å². The average Bonchev–Trinajstić information content (AvgIpc) is 3.61. The second-order valence-electron chi connectivity index (χ2n) is 15.9. The molecular weight excluding hydrogens is 737 g/mol. The Morgan fingerprint density at radius 3 is 1.38 bits per heavy atom. The van der Waals surface area contributed by atoms with E-state index in [0.717, 1.165) is 17.1 Å². The first-order valence-electron chi connectivity index (χ1n) is 21.0. The van der Waals surface area contributed by atoms with Gasteiger partial charge in [0.2, 0.25) is 0 Å². The Bertz CT molecular complexity index is 3360. The summed E-state index contributed by atoms with van der Waals surface area (Å²) in [6, 6.07) is 81.4. The van der Waals surface area contributed by atoms with Crippen molar-refractivity contribution in [3.8, 4) is 33.4 Å². The Labute approximate surface area is 356 Å². The first kappa shape index (κ1) is 36.2. The van der Waals surface area contributed by atoms with Crippen molar-refractivity contribution in [2.24, 2.45) is 7.05 Å². The van der Waals surface area contributed by atoms with Crippen LogP contribution in [0.25, 0.3) is 88.9 Å². The SMILES string of the molecule is Cn1c2cc(/C=C/c3ccc4cc(-c5ccc6cc(-c7ccccc7)c(-c7ccccc7)cc6c5)ccc4c3)ccc2c2ccc(N(c3ccccc3)c3ccccc3)cc21. The van der Waals surface area contributed by atoms with E-state index in [-0.39, 0.29) is 0 Å². The topological polar surface area (TPSA) is 8.17 Å². The van der Waals surface area contributed by atoms with Gasteiger partial charge in [0.05, 0.1) is 5.52 Å². The molecule has 0 saturated heterocycles. The van der Waals surface area contributed by atoms with Gasteiger partial charge < -0.3 is 9.47 Å². The molecule has 10 aromatic carbocycles. The summed E-state index contributed by atoms with van der Waals surface area (Å²) in [5.74, 6) is 0. The number of hydrogen-bond donors (Lipinski definition) is 0. The molecule has 0 N–H and O–H groups in total. The maximum Gasteiger partial charge on any atom is 0.0509 e. The van der Waals surface area contributed by atoms with Gasteiger partial charge in [0.15, 0.2) is 0 Å². The summed E-state index contributed by atoms with van der Waals surface area (Å²) in [5, 5.41) is 7.44. The van der Waals surface area contributed by atoms with E-state index in [0.29, 0.717) is 0 Å². The number of anilines is 3. The molecule has 0 radical (unpaired) electrons. The lowest BCUT2D eigenvalue weighted by atomic mass is 9.90. The number of nitrogens with zero attached hydrogens (tertiary/aromatic N) is 2. The molecule has 0 aliphatic heterocycles. The highest BCUT2D eigenvalue weighted by Gasteiger charge is 2.16. The van der Waals surface area contributed by atoms with Crippen LogP contribution in [0.2, 0.25) is 0 Å². The highest BCUT2D eigenvalue weighted by Crippen LogP contribution is 2.40. The fourth-order valence-electron chi connectivity index (χ4n) is 8.98. The predicted octanol–water partition coefficient (Wildman–Crippen LogP) is 16.3. The van der Waals surface area contributed by atoms with Crippen molar-refractivity contribution < 1.29 is 0 Å². The summed E-state index contributed by atoms with van der Waals surface area (Å²) >= 11 is 0. The molecule has 11 aromatic rings. The Balaban J connectivity index is 0.877. The molecule has 0 fully saturated rings. The van der Waals surface area contributed by atoms with Crippen molar-refractivity contribution in [1.82, 2.24) is 4.57 Å². The van der Waals surface area contributed by atoms with Crippen molar-refractivity contribution in [3.63, 3.8) is 0 Å². The first-order valence-corrected chi connectivity index (χ1v) is 21.0. The smallest absolute Gasteiger partial charge is 0.0509 e. The highest BCUT2D eigenvalue weighted by atomic mass is 15.1. The zero-order chi connectivity index (χ0) is 40.7. The molecule has 288 valence electrons. The Hall–Kier alpha value is -7.94. The number of rotatable bonds is 8. The van der Waals surface area contributed by atoms with Crippen LogP contribution in [0.1, 0.15) is 11.1 Å². The molecular formula is C59H42N2. The summed E-state index contributed by atoms with van der Waals surface area (Å²) in [4.78, 5) is 2.32. The molecule has 2 nitrogen and oxygen atoms in total. The Kier molecular flexibility index (Phi) is 9.09. The average molecular weight is 779 g/mol. The number of benzene rings is 10. The third-order valence-electron chi connectivity index (χ3n) is 12.1.